The van der Waals surface area contributed by atoms with E-state index >= 15 is 0 Å². The number of hydrogen-bond donors (Lipinski definition) is 0. The maximum Gasteiger partial charge on any atom is 0.266 e. The lowest BCUT2D eigenvalue weighted by Crippen LogP contribution is -2.44. The third-order valence-electron chi connectivity index (χ3n) is 4.09. The van der Waals surface area contributed by atoms with Crippen LogP contribution in [0.1, 0.15) is 25.8 Å². The van der Waals surface area contributed by atoms with Crippen molar-refractivity contribution in [2.24, 2.45) is 5.92 Å². The molecule has 1 aromatic rings. The Labute approximate surface area is 158 Å². The van der Waals surface area contributed by atoms with E-state index in [2.05, 4.69) is 0 Å². The Bertz CT molecular complexity index is 728. The van der Waals surface area contributed by atoms with E-state index in [1.54, 1.807) is 26.0 Å². The van der Waals surface area contributed by atoms with Crippen LogP contribution in [0.25, 0.3) is 0 Å². The molecule has 2 rings (SSSR count). The molecule has 8 heteroatoms. The molecule has 0 bridgehead atoms. The summed E-state index contributed by atoms with van der Waals surface area (Å²) in [6, 6.07) is 6.32. The molecule has 4 nitrogen and oxygen atoms in total. The highest BCUT2D eigenvalue weighted by Gasteiger charge is 2.57. The van der Waals surface area contributed by atoms with E-state index in [-0.39, 0.29) is 23.7 Å². The first-order valence-corrected chi connectivity index (χ1v) is 10.2. The third-order valence-corrected chi connectivity index (χ3v) is 6.96. The van der Waals surface area contributed by atoms with Crippen LogP contribution in [-0.2, 0) is 14.8 Å². The van der Waals surface area contributed by atoms with E-state index in [0.29, 0.717) is 0 Å². The molecule has 1 saturated heterocycles. The second-order valence-electron chi connectivity index (χ2n) is 6.76. The fourth-order valence-electron chi connectivity index (χ4n) is 2.86. The molecule has 0 N–H and O–H groups in total. The molecule has 1 heterocycles. The quantitative estimate of drug-likeness (QED) is 0.692. The minimum Gasteiger partial charge on any atom is -0.272 e. The summed E-state index contributed by atoms with van der Waals surface area (Å²) in [5.74, 6) is -1.10. The predicted molar refractivity (Wildman–Crippen MR) is 97.4 cm³/mol. The van der Waals surface area contributed by atoms with Gasteiger partial charge in [-0.25, -0.2) is 12.7 Å². The molecule has 0 aromatic heterocycles. The largest absolute Gasteiger partial charge is 0.272 e. The Hall–Kier alpha value is -0.490. The molecule has 0 radical (unpaired) electrons. The summed E-state index contributed by atoms with van der Waals surface area (Å²) >= 11 is 18.8. The van der Waals surface area contributed by atoms with Gasteiger partial charge < -0.3 is 0 Å². The topological polar surface area (TPSA) is 54.5 Å². The van der Waals surface area contributed by atoms with Gasteiger partial charge in [0.05, 0.1) is 4.90 Å². The molecule has 1 aromatic carbocycles. The average molecular weight is 413 g/mol. The van der Waals surface area contributed by atoms with E-state index in [0.717, 1.165) is 9.87 Å². The Morgan fingerprint density at radius 3 is 2.29 bits per heavy atom. The Kier molecular flexibility index (Phi) is 5.51. The zero-order chi connectivity index (χ0) is 18.3. The van der Waals surface area contributed by atoms with Gasteiger partial charge in [-0.1, -0.05) is 17.7 Å². The van der Waals surface area contributed by atoms with Crippen LogP contribution in [0.15, 0.2) is 29.2 Å². The predicted octanol–water partition coefficient (Wildman–Crippen LogP) is 3.77. The molecule has 2 unspecified atom stereocenters. The first kappa shape index (κ1) is 19.8. The number of sulfonamides is 1. The van der Waals surface area contributed by atoms with Crippen molar-refractivity contribution in [3.05, 3.63) is 29.8 Å². The lowest BCUT2D eigenvalue weighted by atomic mass is 9.87. The summed E-state index contributed by atoms with van der Waals surface area (Å²) in [6.07, 6.45) is 0.124. The van der Waals surface area contributed by atoms with E-state index < -0.39 is 31.6 Å². The normalized spacial score (nSPS) is 25.3. The lowest BCUT2D eigenvalue weighted by Gasteiger charge is -2.30. The van der Waals surface area contributed by atoms with Crippen LogP contribution in [0.3, 0.4) is 0 Å². The Morgan fingerprint density at radius 2 is 1.83 bits per heavy atom. The Morgan fingerprint density at radius 1 is 1.29 bits per heavy atom. The van der Waals surface area contributed by atoms with Crippen LogP contribution in [0.5, 0.6) is 0 Å². The van der Waals surface area contributed by atoms with Crippen molar-refractivity contribution >= 4 is 50.7 Å². The van der Waals surface area contributed by atoms with Crippen LogP contribution in [-0.4, -0.2) is 40.8 Å². The highest BCUT2D eigenvalue weighted by atomic mass is 35.5. The molecule has 134 valence electrons. The van der Waals surface area contributed by atoms with Crippen LogP contribution in [0, 0.1) is 12.8 Å². The Balaban J connectivity index is 2.42. The second kappa shape index (κ2) is 6.67. The number of amides is 1. The van der Waals surface area contributed by atoms with E-state index in [1.165, 1.54) is 12.1 Å². The average Bonchev–Trinajstić information content (AvgIpc) is 2.69. The number of nitrogens with zero attached hydrogens (tertiary/aromatic N) is 1. The van der Waals surface area contributed by atoms with Crippen molar-refractivity contribution in [2.45, 2.75) is 41.8 Å². The molecule has 1 fully saturated rings. The smallest absolute Gasteiger partial charge is 0.266 e. The van der Waals surface area contributed by atoms with Crippen molar-refractivity contribution in [2.75, 3.05) is 12.4 Å². The molecular formula is C16H20Cl3NO3S. The summed E-state index contributed by atoms with van der Waals surface area (Å²) < 4.78 is 26.5. The molecule has 1 aliphatic heterocycles. The monoisotopic (exact) mass is 411 g/mol. The van der Waals surface area contributed by atoms with Gasteiger partial charge in [-0.2, -0.15) is 0 Å². The van der Waals surface area contributed by atoms with Gasteiger partial charge in [0.25, 0.3) is 15.9 Å². The molecule has 1 aliphatic rings. The number of rotatable bonds is 5. The minimum atomic E-state index is -3.98. The fraction of sp³-hybridized carbons (Fsp3) is 0.562. The first-order valence-electron chi connectivity index (χ1n) is 7.49. The van der Waals surface area contributed by atoms with E-state index in [4.69, 9.17) is 34.8 Å². The third kappa shape index (κ3) is 3.69. The van der Waals surface area contributed by atoms with E-state index in [1.807, 2.05) is 6.92 Å². The van der Waals surface area contributed by atoms with Gasteiger partial charge in [0.2, 0.25) is 0 Å². The second-order valence-corrected chi connectivity index (χ2v) is 10.6. The summed E-state index contributed by atoms with van der Waals surface area (Å²) in [5.41, 5.74) is 0.927. The summed E-state index contributed by atoms with van der Waals surface area (Å²) in [5, 5.41) is 0. The maximum absolute atomic E-state index is 12.9. The van der Waals surface area contributed by atoms with Crippen molar-refractivity contribution in [3.8, 4) is 0 Å². The molecule has 0 saturated carbocycles. The standard InChI is InChI=1S/C16H20Cl3NO3S/c1-11-4-6-13(7-5-11)24(22,23)20-9-12(8-17)16(19,14(20)21)10-15(2,3)18/h4-7,12H,8-10H2,1-3H3. The molecule has 2 atom stereocenters. The van der Waals surface area contributed by atoms with Gasteiger partial charge in [0, 0.05) is 23.2 Å². The van der Waals surface area contributed by atoms with Crippen LogP contribution in [0.2, 0.25) is 0 Å². The number of carbonyl (C=O) groups excluding carboxylic acids is 1. The summed E-state index contributed by atoms with van der Waals surface area (Å²) in [4.78, 5) is 10.7. The number of alkyl halides is 3. The van der Waals surface area contributed by atoms with Crippen molar-refractivity contribution in [1.29, 1.82) is 0 Å². The van der Waals surface area contributed by atoms with Crippen molar-refractivity contribution < 1.29 is 13.2 Å². The van der Waals surface area contributed by atoms with Crippen LogP contribution < -0.4 is 0 Å². The molecule has 1 amide bonds. The number of hydrogen-bond acceptors (Lipinski definition) is 3. The van der Waals surface area contributed by atoms with Gasteiger partial charge in [-0.15, -0.1) is 34.8 Å². The SMILES string of the molecule is Cc1ccc(S(=O)(=O)N2CC(CCl)C(Cl)(CC(C)(C)Cl)C2=O)cc1. The van der Waals surface area contributed by atoms with Crippen LogP contribution in [0.4, 0.5) is 0 Å². The molecule has 0 spiro atoms. The fourth-order valence-corrected chi connectivity index (χ4v) is 5.70. The van der Waals surface area contributed by atoms with Gasteiger partial charge in [-0.3, -0.25) is 4.79 Å². The highest BCUT2D eigenvalue weighted by molar-refractivity contribution is 7.89. The highest BCUT2D eigenvalue weighted by Crippen LogP contribution is 2.45. The van der Waals surface area contributed by atoms with Crippen molar-refractivity contribution in [3.63, 3.8) is 0 Å². The molecule has 0 aliphatic carbocycles. The zero-order valence-electron chi connectivity index (χ0n) is 13.7. The number of aryl methyl sites for hydroxylation is 1. The summed E-state index contributed by atoms with van der Waals surface area (Å²) in [6.45, 7) is 5.27. The maximum atomic E-state index is 12.9. The minimum absolute atomic E-state index is 0.0466. The number of benzene rings is 1. The number of carbonyl (C=O) groups is 1. The zero-order valence-corrected chi connectivity index (χ0v) is 16.8. The van der Waals surface area contributed by atoms with Gasteiger partial charge in [-0.05, 0) is 39.3 Å². The summed E-state index contributed by atoms with van der Waals surface area (Å²) in [7, 11) is -3.98. The van der Waals surface area contributed by atoms with Gasteiger partial charge in [0.1, 0.15) is 4.87 Å². The van der Waals surface area contributed by atoms with Gasteiger partial charge in [0.15, 0.2) is 0 Å². The van der Waals surface area contributed by atoms with Crippen LogP contribution >= 0.6 is 34.8 Å². The van der Waals surface area contributed by atoms with Crippen molar-refractivity contribution in [1.82, 2.24) is 4.31 Å². The van der Waals surface area contributed by atoms with E-state index in [9.17, 15) is 13.2 Å². The van der Waals surface area contributed by atoms with Gasteiger partial charge >= 0.3 is 0 Å². The first-order chi connectivity index (χ1) is 10.9. The molecule has 24 heavy (non-hydrogen) atoms. The number of halogens is 3. The lowest BCUT2D eigenvalue weighted by molar-refractivity contribution is -0.126. The molecular weight excluding hydrogens is 393 g/mol.